The number of hydrogen-bond acceptors (Lipinski definition) is 2. The third-order valence-corrected chi connectivity index (χ3v) is 3.96. The van der Waals surface area contributed by atoms with E-state index in [1.807, 2.05) is 48.5 Å². The van der Waals surface area contributed by atoms with Gasteiger partial charge in [0.05, 0.1) is 12.6 Å². The van der Waals surface area contributed by atoms with E-state index in [1.54, 1.807) is 7.11 Å². The van der Waals surface area contributed by atoms with Crippen molar-refractivity contribution < 1.29 is 14.6 Å². The van der Waals surface area contributed by atoms with Gasteiger partial charge in [0.1, 0.15) is 5.75 Å². The molecule has 0 bridgehead atoms. The van der Waals surface area contributed by atoms with Gasteiger partial charge in [0.25, 0.3) is 0 Å². The number of methoxy groups -OCH3 is 1. The van der Waals surface area contributed by atoms with Gasteiger partial charge in [-0.05, 0) is 41.7 Å². The number of carbonyl (C=O) groups is 1. The lowest BCUT2D eigenvalue weighted by atomic mass is 9.99. The number of carboxylic acid groups (broad SMARTS) is 1. The Hall–Kier alpha value is -2.49. The zero-order valence-electron chi connectivity index (χ0n) is 11.8. The molecule has 2 aromatic carbocycles. The first-order chi connectivity index (χ1) is 10.1. The van der Waals surface area contributed by atoms with Crippen LogP contribution in [0.5, 0.6) is 5.75 Å². The van der Waals surface area contributed by atoms with Gasteiger partial charge < -0.3 is 15.2 Å². The molecule has 0 unspecified atom stereocenters. The van der Waals surface area contributed by atoms with Crippen LogP contribution < -0.4 is 10.1 Å². The first-order valence-electron chi connectivity index (χ1n) is 6.89. The molecule has 4 heteroatoms. The molecule has 1 amide bonds. The van der Waals surface area contributed by atoms with Crippen LogP contribution in [0, 0.1) is 0 Å². The third kappa shape index (κ3) is 2.70. The number of hydrogen-bond donors (Lipinski definition) is 2. The highest BCUT2D eigenvalue weighted by Crippen LogP contribution is 2.45. The number of benzene rings is 2. The Bertz CT molecular complexity index is 643. The van der Waals surface area contributed by atoms with Gasteiger partial charge in [0.2, 0.25) is 0 Å². The van der Waals surface area contributed by atoms with Crippen molar-refractivity contribution in [1.82, 2.24) is 5.32 Å². The summed E-state index contributed by atoms with van der Waals surface area (Å²) in [6.07, 6.45) is 0.759. The van der Waals surface area contributed by atoms with Gasteiger partial charge in [-0.3, -0.25) is 0 Å². The van der Waals surface area contributed by atoms with Crippen molar-refractivity contribution in [2.75, 3.05) is 7.11 Å². The smallest absolute Gasteiger partial charge is 0.405 e. The molecule has 0 spiro atoms. The fourth-order valence-corrected chi connectivity index (χ4v) is 2.58. The van der Waals surface area contributed by atoms with Crippen LogP contribution in [0.15, 0.2) is 48.5 Å². The fraction of sp³-hybridized carbons (Fsp3) is 0.235. The molecule has 0 atom stereocenters. The lowest BCUT2D eigenvalue weighted by Crippen LogP contribution is -2.33. The number of rotatable bonds is 4. The molecule has 108 valence electrons. The number of ether oxygens (including phenoxy) is 1. The molecule has 4 nitrogen and oxygen atoms in total. The maximum absolute atomic E-state index is 10.9. The van der Waals surface area contributed by atoms with Crippen LogP contribution in [0.25, 0.3) is 11.1 Å². The van der Waals surface area contributed by atoms with Gasteiger partial charge in [0, 0.05) is 0 Å². The molecule has 1 aliphatic rings. The summed E-state index contributed by atoms with van der Waals surface area (Å²) in [7, 11) is 1.65. The van der Waals surface area contributed by atoms with E-state index in [1.165, 1.54) is 0 Å². The summed E-state index contributed by atoms with van der Waals surface area (Å²) in [5, 5.41) is 11.5. The molecule has 1 fully saturated rings. The maximum Gasteiger partial charge on any atom is 0.405 e. The van der Waals surface area contributed by atoms with Crippen molar-refractivity contribution in [3.05, 3.63) is 54.1 Å². The number of amides is 1. The van der Waals surface area contributed by atoms with Crippen molar-refractivity contribution in [3.63, 3.8) is 0 Å². The van der Waals surface area contributed by atoms with Gasteiger partial charge >= 0.3 is 6.09 Å². The Morgan fingerprint density at radius 1 is 1.05 bits per heavy atom. The molecule has 2 aromatic rings. The summed E-state index contributed by atoms with van der Waals surface area (Å²) in [5.74, 6) is 0.831. The minimum Gasteiger partial charge on any atom is -0.497 e. The van der Waals surface area contributed by atoms with Crippen molar-refractivity contribution in [2.24, 2.45) is 0 Å². The van der Waals surface area contributed by atoms with Crippen molar-refractivity contribution in [3.8, 4) is 16.9 Å². The maximum atomic E-state index is 10.9. The first kappa shape index (κ1) is 13.5. The van der Waals surface area contributed by atoms with E-state index in [2.05, 4.69) is 5.32 Å². The highest BCUT2D eigenvalue weighted by molar-refractivity contribution is 5.68. The average Bonchev–Trinajstić information content (AvgIpc) is 3.27. The lowest BCUT2D eigenvalue weighted by molar-refractivity contribution is 0.188. The summed E-state index contributed by atoms with van der Waals surface area (Å²) in [6.45, 7) is 0. The molecule has 1 saturated carbocycles. The topological polar surface area (TPSA) is 58.6 Å². The molecule has 3 rings (SSSR count). The van der Waals surface area contributed by atoms with Crippen LogP contribution in [0.4, 0.5) is 4.79 Å². The molecule has 0 heterocycles. The molecule has 0 saturated heterocycles. The van der Waals surface area contributed by atoms with E-state index in [9.17, 15) is 4.79 Å². The number of nitrogens with one attached hydrogen (secondary N) is 1. The second kappa shape index (κ2) is 5.13. The van der Waals surface area contributed by atoms with Gasteiger partial charge in [-0.25, -0.2) is 4.79 Å². The summed E-state index contributed by atoms with van der Waals surface area (Å²) in [6, 6.07) is 15.9. The highest BCUT2D eigenvalue weighted by Gasteiger charge is 2.45. The van der Waals surface area contributed by atoms with Crippen LogP contribution in [0.3, 0.4) is 0 Å². The first-order valence-corrected chi connectivity index (χ1v) is 6.89. The SMILES string of the molecule is COc1ccc(-c2ccc(C3(NC(=O)O)CC3)cc2)cc1. The van der Waals surface area contributed by atoms with Crippen LogP contribution >= 0.6 is 0 Å². The van der Waals surface area contributed by atoms with Crippen LogP contribution in [-0.2, 0) is 5.54 Å². The molecule has 0 radical (unpaired) electrons. The van der Waals surface area contributed by atoms with Crippen molar-refractivity contribution in [1.29, 1.82) is 0 Å². The van der Waals surface area contributed by atoms with E-state index >= 15 is 0 Å². The molecule has 21 heavy (non-hydrogen) atoms. The second-order valence-electron chi connectivity index (χ2n) is 5.32. The Labute approximate surface area is 123 Å². The fourth-order valence-electron chi connectivity index (χ4n) is 2.58. The van der Waals surface area contributed by atoms with Gasteiger partial charge in [-0.15, -0.1) is 0 Å². The van der Waals surface area contributed by atoms with E-state index in [0.29, 0.717) is 0 Å². The third-order valence-electron chi connectivity index (χ3n) is 3.96. The Morgan fingerprint density at radius 2 is 1.57 bits per heavy atom. The standard InChI is InChI=1S/C17H17NO3/c1-21-15-8-4-13(5-9-15)12-2-6-14(7-3-12)17(10-11-17)18-16(19)20/h2-9,18H,10-11H2,1H3,(H,19,20). The largest absolute Gasteiger partial charge is 0.497 e. The minimum absolute atomic E-state index is 0.371. The molecule has 0 aromatic heterocycles. The minimum atomic E-state index is -0.966. The molecule has 0 aliphatic heterocycles. The zero-order chi connectivity index (χ0) is 14.9. The molecular formula is C17H17NO3. The van der Waals surface area contributed by atoms with Gasteiger partial charge in [-0.1, -0.05) is 36.4 Å². The quantitative estimate of drug-likeness (QED) is 0.901. The second-order valence-corrected chi connectivity index (χ2v) is 5.32. The van der Waals surface area contributed by atoms with Crippen LogP contribution in [0.1, 0.15) is 18.4 Å². The van der Waals surface area contributed by atoms with E-state index < -0.39 is 6.09 Å². The van der Waals surface area contributed by atoms with Crippen LogP contribution in [0.2, 0.25) is 0 Å². The van der Waals surface area contributed by atoms with E-state index in [0.717, 1.165) is 35.3 Å². The molecule has 1 aliphatic carbocycles. The Kier molecular flexibility index (Phi) is 3.29. The van der Waals surface area contributed by atoms with Crippen LogP contribution in [-0.4, -0.2) is 18.3 Å². The summed E-state index contributed by atoms with van der Waals surface area (Å²) >= 11 is 0. The normalized spacial score (nSPS) is 15.3. The zero-order valence-corrected chi connectivity index (χ0v) is 11.8. The summed E-state index contributed by atoms with van der Waals surface area (Å²) < 4.78 is 5.15. The molecule has 2 N–H and O–H groups in total. The van der Waals surface area contributed by atoms with Gasteiger partial charge in [0.15, 0.2) is 0 Å². The van der Waals surface area contributed by atoms with E-state index in [4.69, 9.17) is 9.84 Å². The summed E-state index contributed by atoms with van der Waals surface area (Å²) in [5.41, 5.74) is 2.87. The monoisotopic (exact) mass is 283 g/mol. The Morgan fingerprint density at radius 3 is 2.00 bits per heavy atom. The lowest BCUT2D eigenvalue weighted by Gasteiger charge is -2.16. The van der Waals surface area contributed by atoms with Crippen molar-refractivity contribution in [2.45, 2.75) is 18.4 Å². The summed E-state index contributed by atoms with van der Waals surface area (Å²) in [4.78, 5) is 10.9. The molecular weight excluding hydrogens is 266 g/mol. The predicted octanol–water partition coefficient (Wildman–Crippen LogP) is 3.62. The predicted molar refractivity (Wildman–Crippen MR) is 80.5 cm³/mol. The van der Waals surface area contributed by atoms with E-state index in [-0.39, 0.29) is 5.54 Å². The van der Waals surface area contributed by atoms with Gasteiger partial charge in [-0.2, -0.15) is 0 Å². The Balaban J connectivity index is 1.82. The van der Waals surface area contributed by atoms with Crippen molar-refractivity contribution >= 4 is 6.09 Å². The highest BCUT2D eigenvalue weighted by atomic mass is 16.5. The average molecular weight is 283 g/mol.